The summed E-state index contributed by atoms with van der Waals surface area (Å²) in [5, 5.41) is 7.17. The molecule has 0 bridgehead atoms. The van der Waals surface area contributed by atoms with Crippen LogP contribution >= 0.6 is 12.2 Å². The Hall–Kier alpha value is -1.95. The smallest absolute Gasteiger partial charge is 0.132 e. The van der Waals surface area contributed by atoms with Crippen LogP contribution in [0.3, 0.4) is 0 Å². The third-order valence-corrected chi connectivity index (χ3v) is 2.29. The van der Waals surface area contributed by atoms with E-state index in [-0.39, 0.29) is 4.99 Å². The van der Waals surface area contributed by atoms with Crippen LogP contribution in [0.4, 0.5) is 11.6 Å². The van der Waals surface area contributed by atoms with Gasteiger partial charge >= 0.3 is 0 Å². The Morgan fingerprint density at radius 1 is 1.44 bits per heavy atom. The summed E-state index contributed by atoms with van der Waals surface area (Å²) in [7, 11) is 1.85. The number of rotatable bonds is 3. The van der Waals surface area contributed by atoms with Gasteiger partial charge in [-0.05, 0) is 12.1 Å². The van der Waals surface area contributed by atoms with Crippen LogP contribution in [0, 0.1) is 0 Å². The lowest BCUT2D eigenvalue weighted by molar-refractivity contribution is 0.776. The average molecular weight is 233 g/mol. The van der Waals surface area contributed by atoms with Crippen LogP contribution in [0.15, 0.2) is 30.5 Å². The molecular weight excluding hydrogens is 222 g/mol. The molecule has 0 atom stereocenters. The van der Waals surface area contributed by atoms with E-state index in [1.807, 2.05) is 25.2 Å². The molecule has 0 unspecified atom stereocenters. The minimum Gasteiger partial charge on any atom is -0.388 e. The Morgan fingerprint density at radius 2 is 2.25 bits per heavy atom. The van der Waals surface area contributed by atoms with Crippen LogP contribution < -0.4 is 11.1 Å². The number of nitrogens with two attached hydrogens (primary N) is 1. The SMILES string of the molecule is Cn1nccc1Nc1cccc(C(N)=S)n1. The largest absolute Gasteiger partial charge is 0.388 e. The normalized spacial score (nSPS) is 10.1. The van der Waals surface area contributed by atoms with E-state index in [4.69, 9.17) is 18.0 Å². The number of hydrogen-bond acceptors (Lipinski definition) is 4. The van der Waals surface area contributed by atoms with Crippen molar-refractivity contribution >= 4 is 28.8 Å². The molecule has 2 heterocycles. The van der Waals surface area contributed by atoms with Crippen molar-refractivity contribution < 1.29 is 0 Å². The number of hydrogen-bond donors (Lipinski definition) is 2. The highest BCUT2D eigenvalue weighted by Crippen LogP contribution is 2.13. The monoisotopic (exact) mass is 233 g/mol. The van der Waals surface area contributed by atoms with Gasteiger partial charge in [0.2, 0.25) is 0 Å². The fraction of sp³-hybridized carbons (Fsp3) is 0.100. The predicted octanol–water partition coefficient (Wildman–Crippen LogP) is 1.19. The minimum atomic E-state index is 0.286. The highest BCUT2D eigenvalue weighted by Gasteiger charge is 2.02. The van der Waals surface area contributed by atoms with Crippen molar-refractivity contribution in [2.24, 2.45) is 12.8 Å². The first-order valence-electron chi connectivity index (χ1n) is 4.69. The first-order valence-corrected chi connectivity index (χ1v) is 5.09. The Bertz CT molecular complexity index is 519. The number of aromatic nitrogens is 3. The van der Waals surface area contributed by atoms with Gasteiger partial charge in [0.25, 0.3) is 0 Å². The van der Waals surface area contributed by atoms with Gasteiger partial charge in [0.05, 0.1) is 11.9 Å². The van der Waals surface area contributed by atoms with E-state index in [9.17, 15) is 0 Å². The number of anilines is 2. The molecule has 2 aromatic rings. The molecule has 0 saturated heterocycles. The zero-order valence-electron chi connectivity index (χ0n) is 8.71. The fourth-order valence-corrected chi connectivity index (χ4v) is 1.38. The van der Waals surface area contributed by atoms with Gasteiger partial charge in [0.1, 0.15) is 16.6 Å². The summed E-state index contributed by atoms with van der Waals surface area (Å²) < 4.78 is 1.72. The zero-order valence-corrected chi connectivity index (χ0v) is 9.53. The number of nitrogens with zero attached hydrogens (tertiary/aromatic N) is 3. The topological polar surface area (TPSA) is 68.8 Å². The lowest BCUT2D eigenvalue weighted by atomic mass is 10.3. The first-order chi connectivity index (χ1) is 7.66. The van der Waals surface area contributed by atoms with Crippen molar-refractivity contribution in [2.75, 3.05) is 5.32 Å². The van der Waals surface area contributed by atoms with Crippen LogP contribution in [-0.2, 0) is 7.05 Å². The summed E-state index contributed by atoms with van der Waals surface area (Å²) in [6.07, 6.45) is 1.71. The Kier molecular flexibility index (Phi) is 2.82. The maximum absolute atomic E-state index is 5.51. The summed E-state index contributed by atoms with van der Waals surface area (Å²) in [5.74, 6) is 1.54. The van der Waals surface area contributed by atoms with Gasteiger partial charge in [-0.25, -0.2) is 4.98 Å². The molecule has 2 aromatic heterocycles. The van der Waals surface area contributed by atoms with Crippen LogP contribution in [0.25, 0.3) is 0 Å². The van der Waals surface area contributed by atoms with Crippen molar-refractivity contribution in [1.29, 1.82) is 0 Å². The molecule has 3 N–H and O–H groups in total. The van der Waals surface area contributed by atoms with E-state index < -0.39 is 0 Å². The van der Waals surface area contributed by atoms with Gasteiger partial charge in [-0.1, -0.05) is 18.3 Å². The lowest BCUT2D eigenvalue weighted by Gasteiger charge is -2.06. The molecule has 0 aliphatic rings. The zero-order chi connectivity index (χ0) is 11.5. The summed E-state index contributed by atoms with van der Waals surface area (Å²) in [6.45, 7) is 0. The van der Waals surface area contributed by atoms with E-state index >= 15 is 0 Å². The first kappa shape index (κ1) is 10.6. The Balaban J connectivity index is 2.25. The van der Waals surface area contributed by atoms with Gasteiger partial charge in [0.15, 0.2) is 0 Å². The number of nitrogens with one attached hydrogen (secondary N) is 1. The number of aryl methyl sites for hydroxylation is 1. The molecule has 0 aliphatic heterocycles. The van der Waals surface area contributed by atoms with Crippen molar-refractivity contribution in [3.63, 3.8) is 0 Å². The fourth-order valence-electron chi connectivity index (χ4n) is 1.27. The molecule has 0 aliphatic carbocycles. The second kappa shape index (κ2) is 4.28. The van der Waals surface area contributed by atoms with E-state index in [1.165, 1.54) is 0 Å². The van der Waals surface area contributed by atoms with Crippen molar-refractivity contribution in [3.8, 4) is 0 Å². The Morgan fingerprint density at radius 3 is 2.88 bits per heavy atom. The molecular formula is C10H11N5S. The predicted molar refractivity (Wildman–Crippen MR) is 66.6 cm³/mol. The van der Waals surface area contributed by atoms with Crippen molar-refractivity contribution in [2.45, 2.75) is 0 Å². The summed E-state index contributed by atoms with van der Waals surface area (Å²) >= 11 is 4.87. The van der Waals surface area contributed by atoms with Crippen LogP contribution in [0.2, 0.25) is 0 Å². The van der Waals surface area contributed by atoms with Gasteiger partial charge in [-0.15, -0.1) is 0 Å². The van der Waals surface area contributed by atoms with Gasteiger partial charge in [-0.2, -0.15) is 5.10 Å². The molecule has 0 radical (unpaired) electrons. The molecule has 0 spiro atoms. The lowest BCUT2D eigenvalue weighted by Crippen LogP contribution is -2.12. The maximum Gasteiger partial charge on any atom is 0.132 e. The molecule has 5 nitrogen and oxygen atoms in total. The summed E-state index contributed by atoms with van der Waals surface area (Å²) in [5.41, 5.74) is 6.11. The van der Waals surface area contributed by atoms with E-state index in [0.29, 0.717) is 11.5 Å². The van der Waals surface area contributed by atoms with E-state index in [2.05, 4.69) is 15.4 Å². The Labute approximate surface area is 98.3 Å². The minimum absolute atomic E-state index is 0.286. The molecule has 0 saturated carbocycles. The summed E-state index contributed by atoms with van der Waals surface area (Å²) in [4.78, 5) is 4.56. The number of thiocarbonyl (C=S) groups is 1. The van der Waals surface area contributed by atoms with Crippen molar-refractivity contribution in [1.82, 2.24) is 14.8 Å². The molecule has 0 fully saturated rings. The van der Waals surface area contributed by atoms with E-state index in [1.54, 1.807) is 16.9 Å². The second-order valence-corrected chi connectivity index (χ2v) is 3.68. The van der Waals surface area contributed by atoms with Gasteiger partial charge in [0, 0.05) is 13.1 Å². The average Bonchev–Trinajstić information content (AvgIpc) is 2.65. The standard InChI is InChI=1S/C10H11N5S/c1-15-9(5-6-12-15)14-8-4-2-3-7(13-8)10(11)16/h2-6H,1H3,(H2,11,16)(H,13,14). The molecule has 2 rings (SSSR count). The highest BCUT2D eigenvalue weighted by molar-refractivity contribution is 7.80. The molecule has 0 amide bonds. The van der Waals surface area contributed by atoms with Crippen LogP contribution in [0.1, 0.15) is 5.69 Å². The van der Waals surface area contributed by atoms with Gasteiger partial charge < -0.3 is 11.1 Å². The third-order valence-electron chi connectivity index (χ3n) is 2.08. The maximum atomic E-state index is 5.51. The molecule has 0 aromatic carbocycles. The van der Waals surface area contributed by atoms with E-state index in [0.717, 1.165) is 5.82 Å². The van der Waals surface area contributed by atoms with Crippen molar-refractivity contribution in [3.05, 3.63) is 36.2 Å². The highest BCUT2D eigenvalue weighted by atomic mass is 32.1. The number of pyridine rings is 1. The van der Waals surface area contributed by atoms with Gasteiger partial charge in [-0.3, -0.25) is 4.68 Å². The molecule has 6 heteroatoms. The van der Waals surface area contributed by atoms with Crippen LogP contribution in [0.5, 0.6) is 0 Å². The summed E-state index contributed by atoms with van der Waals surface area (Å²) in [6, 6.07) is 7.32. The third kappa shape index (κ3) is 2.17. The second-order valence-electron chi connectivity index (χ2n) is 3.24. The molecule has 16 heavy (non-hydrogen) atoms. The van der Waals surface area contributed by atoms with Crippen LogP contribution in [-0.4, -0.2) is 19.8 Å². The molecule has 82 valence electrons. The quantitative estimate of drug-likeness (QED) is 0.779.